The molecule has 98 valence electrons. The van der Waals surface area contributed by atoms with Crippen molar-refractivity contribution in [2.45, 2.75) is 0 Å². The van der Waals surface area contributed by atoms with Crippen molar-refractivity contribution < 1.29 is 4.74 Å². The third kappa shape index (κ3) is 2.61. The van der Waals surface area contributed by atoms with E-state index in [1.165, 1.54) is 13.4 Å². The number of anilines is 2. The summed E-state index contributed by atoms with van der Waals surface area (Å²) in [4.78, 5) is 7.83. The fourth-order valence-corrected chi connectivity index (χ4v) is 1.78. The van der Waals surface area contributed by atoms with E-state index in [4.69, 9.17) is 26.9 Å². The molecule has 0 atom stereocenters. The monoisotopic (exact) mass is 285 g/mol. The van der Waals surface area contributed by atoms with Gasteiger partial charge >= 0.3 is 0 Å². The van der Waals surface area contributed by atoms with Crippen molar-refractivity contribution >= 4 is 23.1 Å². The number of aromatic nitrogens is 2. The topological polar surface area (TPSA) is 94.6 Å². The second kappa shape index (κ2) is 5.87. The van der Waals surface area contributed by atoms with Crippen LogP contribution in [0.5, 0.6) is 5.75 Å². The lowest BCUT2D eigenvalue weighted by molar-refractivity contribution is 0.413. The smallest absolute Gasteiger partial charge is 0.199 e. The van der Waals surface area contributed by atoms with Gasteiger partial charge in [-0.15, -0.1) is 0 Å². The van der Waals surface area contributed by atoms with Crippen LogP contribution in [0.25, 0.3) is 0 Å². The van der Waals surface area contributed by atoms with Gasteiger partial charge in [0.15, 0.2) is 16.7 Å². The minimum absolute atomic E-state index is 0.180. The van der Waals surface area contributed by atoms with Crippen LogP contribution in [-0.4, -0.2) is 17.1 Å². The molecule has 0 aliphatic heterocycles. The molecule has 0 fully saturated rings. The third-order valence-corrected chi connectivity index (χ3v) is 2.76. The van der Waals surface area contributed by atoms with E-state index >= 15 is 0 Å². The molecule has 0 bridgehead atoms. The minimum atomic E-state index is 0.180. The summed E-state index contributed by atoms with van der Waals surface area (Å²) in [6.45, 7) is 0. The number of rotatable bonds is 3. The Kier molecular flexibility index (Phi) is 3.99. The van der Waals surface area contributed by atoms with Crippen molar-refractivity contribution in [2.75, 3.05) is 12.4 Å². The van der Waals surface area contributed by atoms with Crippen LogP contribution >= 0.6 is 11.6 Å². The summed E-state index contributed by atoms with van der Waals surface area (Å²) in [7, 11) is 1.45. The summed E-state index contributed by atoms with van der Waals surface area (Å²) in [5.41, 5.74) is 1.18. The second-order valence-electron chi connectivity index (χ2n) is 3.66. The molecule has 0 spiro atoms. The number of halogens is 1. The van der Waals surface area contributed by atoms with Crippen LogP contribution in [0.3, 0.4) is 0 Å². The van der Waals surface area contributed by atoms with Crippen molar-refractivity contribution in [2.24, 2.45) is 0 Å². The first-order valence-corrected chi connectivity index (χ1v) is 5.83. The van der Waals surface area contributed by atoms with Crippen LogP contribution in [-0.2, 0) is 0 Å². The van der Waals surface area contributed by atoms with Gasteiger partial charge in [-0.3, -0.25) is 0 Å². The van der Waals surface area contributed by atoms with E-state index in [0.29, 0.717) is 22.8 Å². The van der Waals surface area contributed by atoms with Gasteiger partial charge in [0.1, 0.15) is 18.5 Å². The second-order valence-corrected chi connectivity index (χ2v) is 4.01. The SMILES string of the molecule is COc1c(Cl)ncnc1Nc1ccc(C#N)c(C#N)c1. The van der Waals surface area contributed by atoms with Crippen LogP contribution in [0.15, 0.2) is 24.5 Å². The fraction of sp³-hybridized carbons (Fsp3) is 0.0769. The summed E-state index contributed by atoms with van der Waals surface area (Å²) in [6, 6.07) is 8.67. The highest BCUT2D eigenvalue weighted by atomic mass is 35.5. The molecule has 1 N–H and O–H groups in total. The largest absolute Gasteiger partial charge is 0.490 e. The van der Waals surface area contributed by atoms with Gasteiger partial charge in [-0.05, 0) is 18.2 Å². The maximum atomic E-state index is 8.98. The summed E-state index contributed by atoms with van der Waals surface area (Å²) in [6.07, 6.45) is 1.29. The Morgan fingerprint density at radius 2 is 1.95 bits per heavy atom. The van der Waals surface area contributed by atoms with E-state index in [2.05, 4.69) is 15.3 Å². The van der Waals surface area contributed by atoms with Crippen molar-refractivity contribution in [3.05, 3.63) is 40.8 Å². The predicted molar refractivity (Wildman–Crippen MR) is 72.7 cm³/mol. The van der Waals surface area contributed by atoms with E-state index in [-0.39, 0.29) is 10.7 Å². The number of nitriles is 2. The van der Waals surface area contributed by atoms with Crippen LogP contribution in [0.2, 0.25) is 5.15 Å². The Bertz CT molecular complexity index is 733. The van der Waals surface area contributed by atoms with Crippen LogP contribution in [0.1, 0.15) is 11.1 Å². The molecule has 0 aliphatic carbocycles. The van der Waals surface area contributed by atoms with E-state index in [1.54, 1.807) is 18.2 Å². The van der Waals surface area contributed by atoms with Crippen LogP contribution in [0, 0.1) is 22.7 Å². The highest BCUT2D eigenvalue weighted by Gasteiger charge is 2.11. The minimum Gasteiger partial charge on any atom is -0.490 e. The normalized spacial score (nSPS) is 9.40. The first-order chi connectivity index (χ1) is 9.69. The van der Waals surface area contributed by atoms with Crippen molar-refractivity contribution in [1.82, 2.24) is 9.97 Å². The molecule has 6 nitrogen and oxygen atoms in total. The zero-order chi connectivity index (χ0) is 14.5. The van der Waals surface area contributed by atoms with Crippen molar-refractivity contribution in [3.8, 4) is 17.9 Å². The Labute approximate surface area is 120 Å². The molecule has 1 aromatic heterocycles. The summed E-state index contributed by atoms with van der Waals surface area (Å²) in [5.74, 6) is 0.679. The molecule has 1 aromatic carbocycles. The average molecular weight is 286 g/mol. The lowest BCUT2D eigenvalue weighted by Gasteiger charge is -2.10. The van der Waals surface area contributed by atoms with Crippen LogP contribution in [0.4, 0.5) is 11.5 Å². The Hall–Kier alpha value is -2.83. The first kappa shape index (κ1) is 13.6. The van der Waals surface area contributed by atoms with Gasteiger partial charge in [0.05, 0.1) is 18.2 Å². The molecular formula is C13H8ClN5O. The molecule has 0 aliphatic rings. The van der Waals surface area contributed by atoms with Crippen LogP contribution < -0.4 is 10.1 Å². The number of hydrogen-bond donors (Lipinski definition) is 1. The first-order valence-electron chi connectivity index (χ1n) is 5.45. The molecule has 0 amide bonds. The van der Waals surface area contributed by atoms with Crippen molar-refractivity contribution in [3.63, 3.8) is 0 Å². The molecule has 1 heterocycles. The van der Waals surface area contributed by atoms with Gasteiger partial charge in [-0.1, -0.05) is 11.6 Å². The quantitative estimate of drug-likeness (QED) is 0.871. The van der Waals surface area contributed by atoms with Crippen molar-refractivity contribution in [1.29, 1.82) is 10.5 Å². The van der Waals surface area contributed by atoms with E-state index < -0.39 is 0 Å². The Morgan fingerprint density at radius 3 is 2.60 bits per heavy atom. The van der Waals surface area contributed by atoms with Gasteiger partial charge in [0.25, 0.3) is 0 Å². The lowest BCUT2D eigenvalue weighted by Crippen LogP contribution is -2.00. The highest BCUT2D eigenvalue weighted by molar-refractivity contribution is 6.31. The lowest BCUT2D eigenvalue weighted by atomic mass is 10.1. The molecule has 0 saturated carbocycles. The average Bonchev–Trinajstić information content (AvgIpc) is 2.47. The molecule has 20 heavy (non-hydrogen) atoms. The van der Waals surface area contributed by atoms with E-state index in [9.17, 15) is 0 Å². The number of methoxy groups -OCH3 is 1. The van der Waals surface area contributed by atoms with Gasteiger partial charge in [-0.25, -0.2) is 9.97 Å². The Morgan fingerprint density at radius 1 is 1.20 bits per heavy atom. The van der Waals surface area contributed by atoms with E-state index in [1.807, 2.05) is 12.1 Å². The summed E-state index contributed by atoms with van der Waals surface area (Å²) >= 11 is 5.89. The summed E-state index contributed by atoms with van der Waals surface area (Å²) in [5, 5.41) is 21.0. The number of benzene rings is 1. The van der Waals surface area contributed by atoms with Gasteiger partial charge in [0.2, 0.25) is 0 Å². The molecule has 0 saturated heterocycles. The van der Waals surface area contributed by atoms with E-state index in [0.717, 1.165) is 0 Å². The molecule has 2 aromatic rings. The fourth-order valence-electron chi connectivity index (χ4n) is 1.57. The zero-order valence-electron chi connectivity index (χ0n) is 10.4. The molecule has 0 radical (unpaired) electrons. The molecule has 7 heteroatoms. The summed E-state index contributed by atoms with van der Waals surface area (Å²) < 4.78 is 5.11. The molecule has 0 unspecified atom stereocenters. The maximum Gasteiger partial charge on any atom is 0.199 e. The maximum absolute atomic E-state index is 8.98. The van der Waals surface area contributed by atoms with Gasteiger partial charge < -0.3 is 10.1 Å². The third-order valence-electron chi connectivity index (χ3n) is 2.49. The van der Waals surface area contributed by atoms with Gasteiger partial charge in [0, 0.05) is 5.69 Å². The number of hydrogen-bond acceptors (Lipinski definition) is 6. The molecule has 2 rings (SSSR count). The molecular weight excluding hydrogens is 278 g/mol. The predicted octanol–water partition coefficient (Wildman–Crippen LogP) is 2.63. The number of nitrogens with one attached hydrogen (secondary N) is 1. The highest BCUT2D eigenvalue weighted by Crippen LogP contribution is 2.31. The number of ether oxygens (including phenoxy) is 1. The zero-order valence-corrected chi connectivity index (χ0v) is 11.1. The standard InChI is InChI=1S/C13H8ClN5O/c1-20-11-12(14)17-7-18-13(11)19-10-3-2-8(5-15)9(4-10)6-16/h2-4,7H,1H3,(H,17,18,19). The number of nitrogens with zero attached hydrogens (tertiary/aromatic N) is 4. The van der Waals surface area contributed by atoms with Gasteiger partial charge in [-0.2, -0.15) is 10.5 Å². The Balaban J connectivity index is 2.39.